The fourth-order valence-electron chi connectivity index (χ4n) is 3.87. The molecule has 0 spiro atoms. The molecule has 3 nitrogen and oxygen atoms in total. The molecule has 0 amide bonds. The van der Waals surface area contributed by atoms with E-state index < -0.39 is 0 Å². The lowest BCUT2D eigenvalue weighted by Gasteiger charge is -2.55. The molecule has 2 aliphatic heterocycles. The Labute approximate surface area is 128 Å². The molecule has 2 fully saturated rings. The smallest absolute Gasteiger partial charge is 0.119 e. The minimum atomic E-state index is 0.132. The highest BCUT2D eigenvalue weighted by Gasteiger charge is 2.47. The van der Waals surface area contributed by atoms with Crippen LogP contribution < -0.4 is 4.74 Å². The average molecular weight is 289 g/mol. The monoisotopic (exact) mass is 289 g/mol. The third kappa shape index (κ3) is 3.41. The van der Waals surface area contributed by atoms with Crippen LogP contribution in [0, 0.1) is 0 Å². The van der Waals surface area contributed by atoms with Gasteiger partial charge in [0, 0.05) is 30.5 Å². The van der Waals surface area contributed by atoms with Crippen LogP contribution in [0.4, 0.5) is 0 Å². The molecule has 0 radical (unpaired) electrons. The zero-order valence-electron chi connectivity index (χ0n) is 13.6. The number of rotatable bonds is 4. The maximum Gasteiger partial charge on any atom is 0.119 e. The van der Waals surface area contributed by atoms with E-state index in [-0.39, 0.29) is 17.2 Å². The van der Waals surface area contributed by atoms with Gasteiger partial charge in [0.05, 0.1) is 12.7 Å². The number of ether oxygens (including phenoxy) is 2. The first-order valence-corrected chi connectivity index (χ1v) is 7.98. The van der Waals surface area contributed by atoms with Crippen LogP contribution in [-0.4, -0.2) is 41.3 Å². The summed E-state index contributed by atoms with van der Waals surface area (Å²) >= 11 is 0. The summed E-state index contributed by atoms with van der Waals surface area (Å²) in [5.41, 5.74) is 0.264. The predicted molar refractivity (Wildman–Crippen MR) is 84.7 cm³/mol. The molecule has 0 aliphatic carbocycles. The number of epoxide rings is 1. The molecule has 116 valence electrons. The quantitative estimate of drug-likeness (QED) is 0.793. The number of nitrogens with zero attached hydrogens (tertiary/aromatic N) is 1. The molecule has 2 saturated heterocycles. The van der Waals surface area contributed by atoms with E-state index >= 15 is 0 Å². The summed E-state index contributed by atoms with van der Waals surface area (Å²) in [5, 5.41) is 0. The van der Waals surface area contributed by atoms with Gasteiger partial charge in [-0.2, -0.15) is 0 Å². The van der Waals surface area contributed by atoms with Crippen LogP contribution >= 0.6 is 0 Å². The lowest BCUT2D eigenvalue weighted by atomic mass is 9.78. The normalized spacial score (nSPS) is 28.3. The Morgan fingerprint density at radius 1 is 1.10 bits per heavy atom. The topological polar surface area (TPSA) is 25.0 Å². The molecular formula is C18H27NO2. The summed E-state index contributed by atoms with van der Waals surface area (Å²) in [6.45, 7) is 11.3. The Morgan fingerprint density at radius 3 is 2.19 bits per heavy atom. The van der Waals surface area contributed by atoms with E-state index in [0.29, 0.717) is 6.10 Å². The molecule has 3 rings (SSSR count). The van der Waals surface area contributed by atoms with Gasteiger partial charge in [0.2, 0.25) is 0 Å². The second-order valence-electron chi connectivity index (χ2n) is 7.65. The van der Waals surface area contributed by atoms with Crippen LogP contribution in [0.15, 0.2) is 30.3 Å². The van der Waals surface area contributed by atoms with Crippen molar-refractivity contribution in [3.63, 3.8) is 0 Å². The SMILES string of the molecule is CC1(C)CC(Oc2ccccc2)CC(C)(C)N1CC1CO1. The van der Waals surface area contributed by atoms with Crippen LogP contribution in [-0.2, 0) is 4.74 Å². The first kappa shape index (κ1) is 14.9. The predicted octanol–water partition coefficient (Wildman–Crippen LogP) is 3.49. The molecule has 1 aromatic rings. The summed E-state index contributed by atoms with van der Waals surface area (Å²) in [6.07, 6.45) is 2.82. The number of piperidine rings is 1. The summed E-state index contributed by atoms with van der Waals surface area (Å²) in [5.74, 6) is 0.980. The van der Waals surface area contributed by atoms with Crippen molar-refractivity contribution in [2.45, 2.75) is 63.8 Å². The molecule has 0 N–H and O–H groups in total. The van der Waals surface area contributed by atoms with Gasteiger partial charge in [0.1, 0.15) is 11.9 Å². The lowest BCUT2D eigenvalue weighted by Crippen LogP contribution is -2.63. The minimum absolute atomic E-state index is 0.132. The lowest BCUT2D eigenvalue weighted by molar-refractivity contribution is -0.0756. The molecule has 2 aliphatic rings. The van der Waals surface area contributed by atoms with Gasteiger partial charge in [-0.3, -0.25) is 4.90 Å². The van der Waals surface area contributed by atoms with E-state index in [4.69, 9.17) is 9.47 Å². The van der Waals surface area contributed by atoms with Gasteiger partial charge in [0.25, 0.3) is 0 Å². The van der Waals surface area contributed by atoms with Gasteiger partial charge in [-0.05, 0) is 39.8 Å². The molecule has 1 aromatic carbocycles. The molecule has 1 unspecified atom stereocenters. The second-order valence-corrected chi connectivity index (χ2v) is 7.65. The Kier molecular flexibility index (Phi) is 3.74. The highest BCUT2D eigenvalue weighted by Crippen LogP contribution is 2.40. The van der Waals surface area contributed by atoms with E-state index in [1.54, 1.807) is 0 Å². The van der Waals surface area contributed by atoms with Crippen molar-refractivity contribution >= 4 is 0 Å². The first-order chi connectivity index (χ1) is 9.87. The highest BCUT2D eigenvalue weighted by molar-refractivity contribution is 5.21. The number of hydrogen-bond donors (Lipinski definition) is 0. The molecule has 1 atom stereocenters. The molecule has 0 saturated carbocycles. The van der Waals surface area contributed by atoms with Crippen LogP contribution in [0.5, 0.6) is 5.75 Å². The Bertz CT molecular complexity index is 461. The third-order valence-electron chi connectivity index (χ3n) is 4.75. The standard InChI is InChI=1S/C18H27NO2/c1-17(2)10-15(21-14-8-6-5-7-9-14)11-18(3,4)19(17)12-16-13-20-16/h5-9,15-16H,10-13H2,1-4H3. The summed E-state index contributed by atoms with van der Waals surface area (Å²) in [4.78, 5) is 2.61. The molecular weight excluding hydrogens is 262 g/mol. The van der Waals surface area contributed by atoms with Gasteiger partial charge in [-0.25, -0.2) is 0 Å². The summed E-state index contributed by atoms with van der Waals surface area (Å²) in [6, 6.07) is 10.2. The molecule has 21 heavy (non-hydrogen) atoms. The van der Waals surface area contributed by atoms with Gasteiger partial charge in [-0.1, -0.05) is 18.2 Å². The van der Waals surface area contributed by atoms with Gasteiger partial charge >= 0.3 is 0 Å². The van der Waals surface area contributed by atoms with E-state index in [1.807, 2.05) is 30.3 Å². The molecule has 0 bridgehead atoms. The Morgan fingerprint density at radius 2 is 1.67 bits per heavy atom. The van der Waals surface area contributed by atoms with Gasteiger partial charge in [-0.15, -0.1) is 0 Å². The van der Waals surface area contributed by atoms with Crippen LogP contribution in [0.1, 0.15) is 40.5 Å². The fraction of sp³-hybridized carbons (Fsp3) is 0.667. The van der Waals surface area contributed by atoms with Crippen molar-refractivity contribution in [3.8, 4) is 5.75 Å². The molecule has 2 heterocycles. The average Bonchev–Trinajstić information content (AvgIpc) is 3.18. The zero-order valence-corrected chi connectivity index (χ0v) is 13.6. The Balaban J connectivity index is 1.72. The highest BCUT2D eigenvalue weighted by atomic mass is 16.6. The van der Waals surface area contributed by atoms with E-state index in [9.17, 15) is 0 Å². The molecule has 3 heteroatoms. The Hall–Kier alpha value is -1.06. The van der Waals surface area contributed by atoms with Crippen LogP contribution in [0.2, 0.25) is 0 Å². The van der Waals surface area contributed by atoms with Crippen molar-refractivity contribution in [1.82, 2.24) is 4.90 Å². The second kappa shape index (κ2) is 5.29. The zero-order chi connectivity index (χ0) is 15.1. The van der Waals surface area contributed by atoms with E-state index in [1.165, 1.54) is 0 Å². The van der Waals surface area contributed by atoms with Crippen molar-refractivity contribution in [1.29, 1.82) is 0 Å². The number of para-hydroxylation sites is 1. The maximum absolute atomic E-state index is 6.24. The van der Waals surface area contributed by atoms with Crippen molar-refractivity contribution < 1.29 is 9.47 Å². The first-order valence-electron chi connectivity index (χ1n) is 7.98. The van der Waals surface area contributed by atoms with Crippen LogP contribution in [0.25, 0.3) is 0 Å². The van der Waals surface area contributed by atoms with E-state index in [2.05, 4.69) is 32.6 Å². The minimum Gasteiger partial charge on any atom is -0.490 e. The summed E-state index contributed by atoms with van der Waals surface area (Å²) < 4.78 is 11.7. The number of benzene rings is 1. The fourth-order valence-corrected chi connectivity index (χ4v) is 3.87. The van der Waals surface area contributed by atoms with E-state index in [0.717, 1.165) is 31.7 Å². The van der Waals surface area contributed by atoms with Gasteiger partial charge in [0.15, 0.2) is 0 Å². The third-order valence-corrected chi connectivity index (χ3v) is 4.75. The van der Waals surface area contributed by atoms with Crippen molar-refractivity contribution in [2.75, 3.05) is 13.2 Å². The number of likely N-dealkylation sites (tertiary alicyclic amines) is 1. The largest absolute Gasteiger partial charge is 0.490 e. The van der Waals surface area contributed by atoms with Crippen molar-refractivity contribution in [2.24, 2.45) is 0 Å². The summed E-state index contributed by atoms with van der Waals surface area (Å²) in [7, 11) is 0. The number of hydrogen-bond acceptors (Lipinski definition) is 3. The van der Waals surface area contributed by atoms with Gasteiger partial charge < -0.3 is 9.47 Å². The molecule has 0 aromatic heterocycles. The van der Waals surface area contributed by atoms with Crippen molar-refractivity contribution in [3.05, 3.63) is 30.3 Å². The maximum atomic E-state index is 6.24. The van der Waals surface area contributed by atoms with Crippen LogP contribution in [0.3, 0.4) is 0 Å².